The lowest BCUT2D eigenvalue weighted by atomic mass is 9.98. The van der Waals surface area contributed by atoms with E-state index in [-0.39, 0.29) is 31.7 Å². The highest BCUT2D eigenvalue weighted by Crippen LogP contribution is 2.46. The van der Waals surface area contributed by atoms with Crippen molar-refractivity contribution in [3.05, 3.63) is 20.6 Å². The summed E-state index contributed by atoms with van der Waals surface area (Å²) in [7, 11) is 0. The fourth-order valence-corrected chi connectivity index (χ4v) is 7.52. The summed E-state index contributed by atoms with van der Waals surface area (Å²) in [5.41, 5.74) is 9.66. The van der Waals surface area contributed by atoms with Crippen molar-refractivity contribution in [2.24, 2.45) is 10.6 Å². The highest BCUT2D eigenvalue weighted by atomic mass is 35.5. The number of hydrogen-bond acceptors (Lipinski definition) is 17. The minimum absolute atomic E-state index is 0.0214. The number of β-lactam (4-membered cyclic amide) rings is 1. The van der Waals surface area contributed by atoms with Crippen LogP contribution in [0.5, 0.6) is 0 Å². The third-order valence-electron chi connectivity index (χ3n) is 5.18. The van der Waals surface area contributed by atoms with Gasteiger partial charge in [-0.05, 0) is 20.8 Å². The average Bonchev–Trinajstić information content (AvgIpc) is 3.45. The van der Waals surface area contributed by atoms with Crippen molar-refractivity contribution in [3.8, 4) is 0 Å². The summed E-state index contributed by atoms with van der Waals surface area (Å²) in [4.78, 5) is 56.8. The number of nitrogens with two attached hydrogens (primary N) is 2. The number of nitrogens with one attached hydrogen (secondary N) is 1. The molecule has 2 atom stereocenters. The molecule has 2 amide bonds. The van der Waals surface area contributed by atoms with Gasteiger partial charge in [0.25, 0.3) is 11.8 Å². The van der Waals surface area contributed by atoms with E-state index in [0.29, 0.717) is 9.24 Å². The van der Waals surface area contributed by atoms with Gasteiger partial charge in [-0.25, -0.2) is 9.78 Å². The van der Waals surface area contributed by atoms with Gasteiger partial charge in [0, 0.05) is 10.7 Å². The number of carbonyl (C=O) groups is 4. The molecule has 1 saturated heterocycles. The van der Waals surface area contributed by atoms with Crippen molar-refractivity contribution in [3.63, 3.8) is 0 Å². The van der Waals surface area contributed by atoms with Crippen LogP contribution in [0.1, 0.15) is 26.5 Å². The number of nitrogen functional groups attached to an aromatic ring is 2. The van der Waals surface area contributed by atoms with Gasteiger partial charge in [-0.15, -0.1) is 22.0 Å². The molecule has 0 aliphatic carbocycles. The Hall–Kier alpha value is -3.13. The van der Waals surface area contributed by atoms with Crippen molar-refractivity contribution >= 4 is 97.5 Å². The van der Waals surface area contributed by atoms with E-state index in [1.54, 1.807) is 20.8 Å². The summed E-state index contributed by atoms with van der Waals surface area (Å²) in [6.45, 7) is 4.25. The summed E-state index contributed by atoms with van der Waals surface area (Å²) in [6.07, 6.45) is 0. The molecule has 4 heterocycles. The highest BCUT2D eigenvalue weighted by Gasteiger charge is 2.55. The van der Waals surface area contributed by atoms with E-state index in [1.165, 1.54) is 16.7 Å². The number of thioether (sulfide) groups is 2. The number of rotatable bonds is 8. The van der Waals surface area contributed by atoms with Gasteiger partial charge in [-0.1, -0.05) is 51.2 Å². The topological polar surface area (TPSA) is 225 Å². The fourth-order valence-electron chi connectivity index (χ4n) is 3.32. The fraction of sp³-hybridized carbons (Fsp3) is 0.400. The van der Waals surface area contributed by atoms with Gasteiger partial charge in [0.1, 0.15) is 27.1 Å². The van der Waals surface area contributed by atoms with E-state index in [1.807, 2.05) is 0 Å². The van der Waals surface area contributed by atoms with Crippen LogP contribution in [0.2, 0.25) is 4.34 Å². The highest BCUT2D eigenvalue weighted by molar-refractivity contribution is 8.07. The van der Waals surface area contributed by atoms with E-state index >= 15 is 0 Å². The Kier molecular flexibility index (Phi) is 8.78. The maximum absolute atomic E-state index is 13.2. The van der Waals surface area contributed by atoms with E-state index < -0.39 is 53.1 Å². The van der Waals surface area contributed by atoms with E-state index in [2.05, 4.69) is 25.7 Å². The third kappa shape index (κ3) is 6.12. The zero-order valence-electron chi connectivity index (χ0n) is 20.9. The number of carbonyl (C=O) groups excluding carboxylic acids is 4. The smallest absolute Gasteiger partial charge is 0.358 e. The molecule has 2 aromatic heterocycles. The Bertz CT molecular complexity index is 1440. The molecule has 15 nitrogen and oxygen atoms in total. The monoisotopic (exact) mass is 648 g/mol. The zero-order chi connectivity index (χ0) is 29.4. The van der Waals surface area contributed by atoms with Crippen molar-refractivity contribution in [1.29, 1.82) is 0 Å². The maximum Gasteiger partial charge on any atom is 0.358 e. The Balaban J connectivity index is 1.53. The maximum atomic E-state index is 13.2. The summed E-state index contributed by atoms with van der Waals surface area (Å²) in [5, 5.41) is 22.1. The van der Waals surface area contributed by atoms with Gasteiger partial charge < -0.3 is 31.5 Å². The number of oxime groups is 1. The molecule has 0 radical (unpaired) electrons. The summed E-state index contributed by atoms with van der Waals surface area (Å²) < 4.78 is 10.7. The molecule has 1 fully saturated rings. The Labute approximate surface area is 247 Å². The third-order valence-corrected chi connectivity index (χ3v) is 9.61. The van der Waals surface area contributed by atoms with Gasteiger partial charge in [-0.3, -0.25) is 19.3 Å². The van der Waals surface area contributed by atoms with E-state index in [9.17, 15) is 24.4 Å². The van der Waals surface area contributed by atoms with Crippen LogP contribution in [0.3, 0.4) is 0 Å². The van der Waals surface area contributed by atoms with Crippen LogP contribution >= 0.6 is 57.8 Å². The van der Waals surface area contributed by atoms with Gasteiger partial charge in [0.15, 0.2) is 15.2 Å². The molecule has 2 aliphatic rings. The Morgan fingerprint density at radius 2 is 1.95 bits per heavy atom. The molecule has 214 valence electrons. The molecule has 2 aromatic rings. The van der Waals surface area contributed by atoms with E-state index in [0.717, 1.165) is 34.4 Å². The van der Waals surface area contributed by atoms with Crippen LogP contribution in [0.15, 0.2) is 20.1 Å². The van der Waals surface area contributed by atoms with Gasteiger partial charge in [0.2, 0.25) is 11.9 Å². The SMILES string of the molecule is CC(C)(C)C(=O)OCOC(=O)C1=C(Sc2nnc(N)s2)CSC2[C@H](NC(=O)/C(=N/O)c3nc(N)sc3Cl)C(=O)N12. The minimum atomic E-state index is -1.09. The van der Waals surface area contributed by atoms with Crippen LogP contribution in [-0.2, 0) is 28.7 Å². The molecule has 0 saturated carbocycles. The molecule has 0 aromatic carbocycles. The number of fused-ring (bicyclic) bond motifs is 1. The molecule has 20 heteroatoms. The number of nitrogens with zero attached hydrogens (tertiary/aromatic N) is 5. The summed E-state index contributed by atoms with van der Waals surface area (Å²) >= 11 is 10.3. The number of thiazole rings is 1. The second kappa shape index (κ2) is 11.8. The first kappa shape index (κ1) is 29.8. The molecule has 0 bridgehead atoms. The lowest BCUT2D eigenvalue weighted by Crippen LogP contribution is -2.71. The Morgan fingerprint density at radius 1 is 1.23 bits per heavy atom. The molecular formula is C20H21ClN8O7S4. The van der Waals surface area contributed by atoms with Crippen molar-refractivity contribution in [1.82, 2.24) is 25.4 Å². The van der Waals surface area contributed by atoms with Gasteiger partial charge in [-0.2, -0.15) is 0 Å². The normalized spacial score (nSPS) is 19.1. The molecule has 1 unspecified atom stereocenters. The molecule has 2 aliphatic heterocycles. The van der Waals surface area contributed by atoms with Crippen molar-refractivity contribution in [2.45, 2.75) is 36.5 Å². The first-order valence-corrected chi connectivity index (χ1v) is 14.9. The lowest BCUT2D eigenvalue weighted by Gasteiger charge is -2.49. The van der Waals surface area contributed by atoms with Crippen LogP contribution in [-0.4, -0.2) is 78.7 Å². The molecule has 6 N–H and O–H groups in total. The summed E-state index contributed by atoms with van der Waals surface area (Å²) in [5.74, 6) is -2.85. The van der Waals surface area contributed by atoms with Crippen LogP contribution < -0.4 is 16.8 Å². The van der Waals surface area contributed by atoms with Crippen molar-refractivity contribution < 1.29 is 33.9 Å². The minimum Gasteiger partial charge on any atom is -0.427 e. The number of amides is 2. The van der Waals surface area contributed by atoms with Crippen LogP contribution in [0, 0.1) is 5.41 Å². The molecular weight excluding hydrogens is 628 g/mol. The number of ether oxygens (including phenoxy) is 2. The molecule has 40 heavy (non-hydrogen) atoms. The number of esters is 2. The zero-order valence-corrected chi connectivity index (χ0v) is 24.9. The molecule has 0 spiro atoms. The average molecular weight is 649 g/mol. The quantitative estimate of drug-likeness (QED) is 0.0794. The van der Waals surface area contributed by atoms with Crippen molar-refractivity contribution in [2.75, 3.05) is 24.0 Å². The first-order chi connectivity index (χ1) is 18.8. The second-order valence-corrected chi connectivity index (χ2v) is 14.1. The first-order valence-electron chi connectivity index (χ1n) is 11.1. The predicted octanol–water partition coefficient (Wildman–Crippen LogP) is 1.48. The largest absolute Gasteiger partial charge is 0.427 e. The van der Waals surface area contributed by atoms with Gasteiger partial charge in [0.05, 0.1) is 5.41 Å². The number of anilines is 2. The molecule has 4 rings (SSSR count). The number of halogens is 1. The Morgan fingerprint density at radius 3 is 2.52 bits per heavy atom. The van der Waals surface area contributed by atoms with E-state index in [4.69, 9.17) is 32.5 Å². The predicted molar refractivity (Wildman–Crippen MR) is 149 cm³/mol. The van der Waals surface area contributed by atoms with Crippen LogP contribution in [0.4, 0.5) is 10.3 Å². The van der Waals surface area contributed by atoms with Crippen LogP contribution in [0.25, 0.3) is 0 Å². The standard InChI is InChI=1S/C20H21ClN8O7S4/c1-20(2,3)16(33)36-5-35-15(32)10-6(38-19-27-26-18(23)40-19)4-37-14-9(13(31)29(10)14)24-12(30)8(28-34)7-11(21)39-17(22)25-7/h9,14,34H,4-5H2,1-3H3,(H2,22,25)(H2,23,26)(H,24,30)/b28-8+/t9-,14?/m1/s1. The summed E-state index contributed by atoms with van der Waals surface area (Å²) in [6, 6.07) is -1.09. The second-order valence-electron chi connectivity index (χ2n) is 9.00. The number of hydrogen-bond donors (Lipinski definition) is 4. The number of aromatic nitrogens is 3. The van der Waals surface area contributed by atoms with Gasteiger partial charge >= 0.3 is 11.9 Å². The lowest BCUT2D eigenvalue weighted by molar-refractivity contribution is -0.173.